The SMILES string of the molecule is CC(=O)O[C@]1(C)[C@@H]2CC(=O)[C@H]3[C@@H](C)/C(=C\C(=O)OCCN(C)C)CC[C@@H]3[C@@]2(C)CC[C@@H]1O. The molecule has 7 atom stereocenters. The fourth-order valence-electron chi connectivity index (χ4n) is 6.74. The Hall–Kier alpha value is -1.73. The molecule has 7 nitrogen and oxygen atoms in total. The molecule has 3 aliphatic carbocycles. The fraction of sp³-hybridized carbons (Fsp3) is 0.800. The van der Waals surface area contributed by atoms with Crippen LogP contribution in [-0.2, 0) is 23.9 Å². The number of hydrogen-bond acceptors (Lipinski definition) is 7. The largest absolute Gasteiger partial charge is 0.461 e. The number of aliphatic hydroxyl groups is 1. The van der Waals surface area contributed by atoms with E-state index in [2.05, 4.69) is 6.92 Å². The summed E-state index contributed by atoms with van der Waals surface area (Å²) < 4.78 is 11.0. The highest BCUT2D eigenvalue weighted by Gasteiger charge is 2.64. The average molecular weight is 450 g/mol. The minimum absolute atomic E-state index is 0.0349. The third-order valence-electron chi connectivity index (χ3n) is 8.48. The monoisotopic (exact) mass is 449 g/mol. The van der Waals surface area contributed by atoms with E-state index >= 15 is 0 Å². The number of ether oxygens (including phenoxy) is 2. The number of aliphatic hydroxyl groups excluding tert-OH is 1. The van der Waals surface area contributed by atoms with E-state index < -0.39 is 17.7 Å². The maximum absolute atomic E-state index is 13.4. The lowest BCUT2D eigenvalue weighted by Crippen LogP contribution is -2.65. The zero-order valence-electron chi connectivity index (χ0n) is 20.3. The number of esters is 2. The summed E-state index contributed by atoms with van der Waals surface area (Å²) in [6.45, 7) is 8.39. The minimum atomic E-state index is -1.06. The van der Waals surface area contributed by atoms with Crippen LogP contribution in [-0.4, -0.2) is 66.7 Å². The second-order valence-corrected chi connectivity index (χ2v) is 10.7. The van der Waals surface area contributed by atoms with Crippen LogP contribution in [0.2, 0.25) is 0 Å². The predicted molar refractivity (Wildman–Crippen MR) is 120 cm³/mol. The van der Waals surface area contributed by atoms with E-state index in [1.54, 1.807) is 13.0 Å². The Morgan fingerprint density at radius 2 is 1.94 bits per heavy atom. The standard InChI is InChI=1S/C25H39NO6/c1-15-17(13-22(30)31-12-11-26(5)6)7-8-18-23(15)19(28)14-20-24(18,3)10-9-21(29)25(20,4)32-16(2)27/h13,15,18,20-21,23,29H,7-12,14H2,1-6H3/b17-13-/t15-,18-,20+,21-,23-,24+,25+/m0/s1. The first kappa shape index (κ1) is 24.9. The Labute approximate surface area is 191 Å². The molecule has 32 heavy (non-hydrogen) atoms. The molecule has 3 rings (SSSR count). The van der Waals surface area contributed by atoms with Gasteiger partial charge >= 0.3 is 11.9 Å². The molecule has 0 spiro atoms. The summed E-state index contributed by atoms with van der Waals surface area (Å²) in [5.41, 5.74) is -0.293. The highest BCUT2D eigenvalue weighted by molar-refractivity contribution is 5.86. The van der Waals surface area contributed by atoms with Crippen LogP contribution in [0.5, 0.6) is 0 Å². The van der Waals surface area contributed by atoms with Crippen molar-refractivity contribution in [3.63, 3.8) is 0 Å². The van der Waals surface area contributed by atoms with Gasteiger partial charge in [-0.2, -0.15) is 0 Å². The molecule has 3 fully saturated rings. The lowest BCUT2D eigenvalue weighted by atomic mass is 9.44. The first-order chi connectivity index (χ1) is 14.9. The van der Waals surface area contributed by atoms with Gasteiger partial charge in [-0.15, -0.1) is 0 Å². The summed E-state index contributed by atoms with van der Waals surface area (Å²) in [5, 5.41) is 10.8. The van der Waals surface area contributed by atoms with Crippen molar-refractivity contribution in [2.45, 2.75) is 71.5 Å². The number of rotatable bonds is 5. The van der Waals surface area contributed by atoms with Crippen molar-refractivity contribution in [1.29, 1.82) is 0 Å². The maximum Gasteiger partial charge on any atom is 0.330 e. The van der Waals surface area contributed by atoms with Crippen LogP contribution in [0.25, 0.3) is 0 Å². The second-order valence-electron chi connectivity index (χ2n) is 10.7. The molecule has 3 aliphatic rings. The van der Waals surface area contributed by atoms with E-state index in [0.29, 0.717) is 19.6 Å². The van der Waals surface area contributed by atoms with Gasteiger partial charge in [-0.05, 0) is 64.0 Å². The predicted octanol–water partition coefficient (Wildman–Crippen LogP) is 2.75. The van der Waals surface area contributed by atoms with Gasteiger partial charge in [-0.3, -0.25) is 9.59 Å². The first-order valence-electron chi connectivity index (χ1n) is 11.8. The number of nitrogens with zero attached hydrogens (tertiary/aromatic N) is 1. The normalized spacial score (nSPS) is 40.6. The van der Waals surface area contributed by atoms with Crippen molar-refractivity contribution < 1.29 is 29.0 Å². The van der Waals surface area contributed by atoms with Crippen LogP contribution in [0.3, 0.4) is 0 Å². The van der Waals surface area contributed by atoms with Gasteiger partial charge in [0.15, 0.2) is 0 Å². The molecule has 0 aromatic heterocycles. The summed E-state index contributed by atoms with van der Waals surface area (Å²) in [6, 6.07) is 0. The quantitative estimate of drug-likeness (QED) is 0.509. The van der Waals surface area contributed by atoms with Crippen LogP contribution < -0.4 is 0 Å². The smallest absolute Gasteiger partial charge is 0.330 e. The molecule has 0 amide bonds. The van der Waals surface area contributed by atoms with Crippen molar-refractivity contribution in [1.82, 2.24) is 4.90 Å². The molecule has 0 heterocycles. The Morgan fingerprint density at radius 3 is 2.56 bits per heavy atom. The fourth-order valence-corrected chi connectivity index (χ4v) is 6.74. The third-order valence-corrected chi connectivity index (χ3v) is 8.48. The lowest BCUT2D eigenvalue weighted by molar-refractivity contribution is -0.224. The number of Topliss-reactive ketones (excluding diaryl/α,β-unsaturated/α-hetero) is 1. The van der Waals surface area contributed by atoms with E-state index in [1.807, 2.05) is 25.9 Å². The molecular formula is C25H39NO6. The highest BCUT2D eigenvalue weighted by Crippen LogP contribution is 2.62. The molecule has 180 valence electrons. The lowest BCUT2D eigenvalue weighted by Gasteiger charge is -2.61. The minimum Gasteiger partial charge on any atom is -0.461 e. The Bertz CT molecular complexity index is 791. The Kier molecular flexibility index (Phi) is 7.20. The van der Waals surface area contributed by atoms with Gasteiger partial charge in [-0.25, -0.2) is 4.79 Å². The molecule has 0 saturated heterocycles. The van der Waals surface area contributed by atoms with Crippen LogP contribution in [0.1, 0.15) is 59.8 Å². The molecule has 0 aromatic rings. The Balaban J connectivity index is 1.82. The molecule has 0 radical (unpaired) electrons. The van der Waals surface area contributed by atoms with Gasteiger partial charge in [0.05, 0.1) is 6.10 Å². The van der Waals surface area contributed by atoms with E-state index in [1.165, 1.54) is 6.92 Å². The van der Waals surface area contributed by atoms with E-state index in [-0.39, 0.29) is 47.3 Å². The molecule has 1 N–H and O–H groups in total. The number of fused-ring (bicyclic) bond motifs is 3. The highest BCUT2D eigenvalue weighted by atomic mass is 16.6. The Morgan fingerprint density at radius 1 is 1.25 bits per heavy atom. The van der Waals surface area contributed by atoms with Crippen molar-refractivity contribution in [3.8, 4) is 0 Å². The van der Waals surface area contributed by atoms with Crippen molar-refractivity contribution in [2.24, 2.45) is 29.1 Å². The second kappa shape index (κ2) is 9.26. The van der Waals surface area contributed by atoms with Gasteiger partial charge < -0.3 is 19.5 Å². The van der Waals surface area contributed by atoms with Gasteiger partial charge in [0.2, 0.25) is 0 Å². The topological polar surface area (TPSA) is 93.1 Å². The molecule has 7 heteroatoms. The number of hydrogen-bond donors (Lipinski definition) is 1. The summed E-state index contributed by atoms with van der Waals surface area (Å²) in [4.78, 5) is 39.5. The summed E-state index contributed by atoms with van der Waals surface area (Å²) in [7, 11) is 3.85. The number of carbonyl (C=O) groups excluding carboxylic acids is 3. The van der Waals surface area contributed by atoms with Gasteiger partial charge in [0.25, 0.3) is 0 Å². The molecule has 0 aliphatic heterocycles. The van der Waals surface area contributed by atoms with E-state index in [0.717, 1.165) is 24.8 Å². The number of carbonyl (C=O) groups is 3. The molecule has 0 unspecified atom stereocenters. The van der Waals surface area contributed by atoms with Crippen molar-refractivity contribution in [3.05, 3.63) is 11.6 Å². The van der Waals surface area contributed by atoms with Crippen molar-refractivity contribution >= 4 is 17.7 Å². The van der Waals surface area contributed by atoms with Crippen LogP contribution in [0.15, 0.2) is 11.6 Å². The molecule has 0 bridgehead atoms. The van der Waals surface area contributed by atoms with Crippen LogP contribution >= 0.6 is 0 Å². The van der Waals surface area contributed by atoms with E-state index in [4.69, 9.17) is 9.47 Å². The molecular weight excluding hydrogens is 410 g/mol. The average Bonchev–Trinajstić information content (AvgIpc) is 2.68. The molecule has 0 aromatic carbocycles. The number of allylic oxidation sites excluding steroid dienone is 1. The van der Waals surface area contributed by atoms with Crippen LogP contribution in [0, 0.1) is 29.1 Å². The van der Waals surface area contributed by atoms with Crippen molar-refractivity contribution in [2.75, 3.05) is 27.2 Å². The molecule has 3 saturated carbocycles. The van der Waals surface area contributed by atoms with E-state index in [9.17, 15) is 19.5 Å². The summed E-state index contributed by atoms with van der Waals surface area (Å²) in [5.74, 6) is -0.916. The van der Waals surface area contributed by atoms with Gasteiger partial charge in [0.1, 0.15) is 18.0 Å². The number of likely N-dealkylation sites (N-methyl/N-ethyl adjacent to an activating group) is 1. The summed E-state index contributed by atoms with van der Waals surface area (Å²) in [6.07, 6.45) is 3.98. The maximum atomic E-state index is 13.4. The zero-order chi connectivity index (χ0) is 23.8. The first-order valence-corrected chi connectivity index (χ1v) is 11.8. The zero-order valence-corrected chi connectivity index (χ0v) is 20.3. The summed E-state index contributed by atoms with van der Waals surface area (Å²) >= 11 is 0. The van der Waals surface area contributed by atoms with Gasteiger partial charge in [0, 0.05) is 37.8 Å². The van der Waals surface area contributed by atoms with Gasteiger partial charge in [-0.1, -0.05) is 19.4 Å². The third kappa shape index (κ3) is 4.51. The van der Waals surface area contributed by atoms with Crippen LogP contribution in [0.4, 0.5) is 0 Å². The number of ketones is 1.